The molecule has 128 valence electrons. The van der Waals surface area contributed by atoms with Gasteiger partial charge in [0, 0.05) is 17.8 Å². The lowest BCUT2D eigenvalue weighted by Gasteiger charge is -2.23. The Morgan fingerprint density at radius 3 is 2.73 bits per heavy atom. The number of nitrogens with zero attached hydrogens (tertiary/aromatic N) is 3. The van der Waals surface area contributed by atoms with Crippen molar-refractivity contribution in [3.8, 4) is 0 Å². The van der Waals surface area contributed by atoms with Gasteiger partial charge in [-0.2, -0.15) is 0 Å². The number of carbonyl (C=O) groups is 1. The summed E-state index contributed by atoms with van der Waals surface area (Å²) in [5, 5.41) is 2.12. The van der Waals surface area contributed by atoms with Gasteiger partial charge in [0.1, 0.15) is 5.65 Å². The van der Waals surface area contributed by atoms with Crippen LogP contribution in [0.5, 0.6) is 0 Å². The molecule has 1 aliphatic carbocycles. The molecule has 0 atom stereocenters. The van der Waals surface area contributed by atoms with Gasteiger partial charge in [-0.15, -0.1) is 0 Å². The maximum absolute atomic E-state index is 13.4. The Morgan fingerprint density at radius 2 is 1.85 bits per heavy atom. The first-order chi connectivity index (χ1) is 12.8. The maximum Gasteiger partial charge on any atom is 0.255 e. The number of benzene rings is 2. The third-order valence-corrected chi connectivity index (χ3v) is 5.09. The van der Waals surface area contributed by atoms with E-state index >= 15 is 0 Å². The monoisotopic (exact) mass is 341 g/mol. The summed E-state index contributed by atoms with van der Waals surface area (Å²) >= 11 is 0. The van der Waals surface area contributed by atoms with Crippen molar-refractivity contribution in [3.05, 3.63) is 84.3 Å². The number of fused-ring (bicyclic) bond motifs is 2. The van der Waals surface area contributed by atoms with Crippen LogP contribution >= 0.6 is 0 Å². The summed E-state index contributed by atoms with van der Waals surface area (Å²) in [5.41, 5.74) is 2.74. The summed E-state index contributed by atoms with van der Waals surface area (Å²) in [6.45, 7) is 0.581. The Labute approximate surface area is 151 Å². The second-order valence-electron chi connectivity index (χ2n) is 6.87. The molecule has 5 rings (SSSR count). The van der Waals surface area contributed by atoms with Crippen molar-refractivity contribution >= 4 is 22.3 Å². The van der Waals surface area contributed by atoms with Crippen LogP contribution in [0.25, 0.3) is 16.4 Å². The van der Waals surface area contributed by atoms with E-state index in [0.717, 1.165) is 40.5 Å². The maximum atomic E-state index is 13.4. The number of imidazole rings is 1. The molecular weight excluding hydrogens is 322 g/mol. The molecule has 0 spiro atoms. The predicted molar refractivity (Wildman–Crippen MR) is 102 cm³/mol. The Bertz CT molecular complexity index is 1110. The molecule has 1 amide bonds. The quantitative estimate of drug-likeness (QED) is 0.555. The van der Waals surface area contributed by atoms with E-state index in [-0.39, 0.29) is 5.91 Å². The fourth-order valence-electron chi connectivity index (χ4n) is 3.60. The normalized spacial score (nSPS) is 14.0. The smallest absolute Gasteiger partial charge is 0.255 e. The minimum Gasteiger partial charge on any atom is -0.330 e. The van der Waals surface area contributed by atoms with E-state index in [1.807, 2.05) is 65.8 Å². The zero-order chi connectivity index (χ0) is 17.5. The Morgan fingerprint density at radius 1 is 1.04 bits per heavy atom. The molecule has 1 saturated carbocycles. The molecule has 4 nitrogen and oxygen atoms in total. The van der Waals surface area contributed by atoms with Gasteiger partial charge in [0.25, 0.3) is 5.91 Å². The molecule has 1 aliphatic rings. The molecule has 0 bridgehead atoms. The molecule has 26 heavy (non-hydrogen) atoms. The average molecular weight is 341 g/mol. The van der Waals surface area contributed by atoms with Crippen LogP contribution in [-0.2, 0) is 6.54 Å². The highest BCUT2D eigenvalue weighted by Crippen LogP contribution is 2.31. The second kappa shape index (κ2) is 5.99. The number of rotatable bonds is 4. The molecule has 0 unspecified atom stereocenters. The molecule has 2 heterocycles. The van der Waals surface area contributed by atoms with Crippen molar-refractivity contribution in [2.75, 3.05) is 0 Å². The summed E-state index contributed by atoms with van der Waals surface area (Å²) in [6.07, 6.45) is 6.03. The first-order valence-corrected chi connectivity index (χ1v) is 9.01. The van der Waals surface area contributed by atoms with Gasteiger partial charge in [0.2, 0.25) is 0 Å². The molecule has 0 aliphatic heterocycles. The van der Waals surface area contributed by atoms with Crippen LogP contribution in [0.4, 0.5) is 0 Å². The van der Waals surface area contributed by atoms with Crippen LogP contribution in [-0.4, -0.2) is 26.2 Å². The summed E-state index contributed by atoms with van der Waals surface area (Å²) in [4.78, 5) is 19.9. The molecule has 4 aromatic rings. The molecule has 0 N–H and O–H groups in total. The number of pyridine rings is 1. The highest BCUT2D eigenvalue weighted by atomic mass is 16.2. The molecule has 2 aromatic carbocycles. The van der Waals surface area contributed by atoms with Gasteiger partial charge in [0.15, 0.2) is 0 Å². The molecular formula is C22H19N3O. The molecule has 0 saturated heterocycles. The zero-order valence-electron chi connectivity index (χ0n) is 14.4. The minimum absolute atomic E-state index is 0.107. The second-order valence-corrected chi connectivity index (χ2v) is 6.87. The lowest BCUT2D eigenvalue weighted by Crippen LogP contribution is -2.33. The molecule has 2 aromatic heterocycles. The van der Waals surface area contributed by atoms with E-state index in [2.05, 4.69) is 21.5 Å². The Balaban J connectivity index is 1.54. The van der Waals surface area contributed by atoms with Crippen molar-refractivity contribution in [2.45, 2.75) is 25.4 Å². The highest BCUT2D eigenvalue weighted by Gasteiger charge is 2.34. The van der Waals surface area contributed by atoms with Crippen LogP contribution in [0.1, 0.15) is 28.9 Å². The van der Waals surface area contributed by atoms with Gasteiger partial charge >= 0.3 is 0 Å². The van der Waals surface area contributed by atoms with Crippen LogP contribution < -0.4 is 0 Å². The van der Waals surface area contributed by atoms with Crippen molar-refractivity contribution < 1.29 is 4.79 Å². The first kappa shape index (κ1) is 15.1. The third-order valence-electron chi connectivity index (χ3n) is 5.09. The van der Waals surface area contributed by atoms with E-state index < -0.39 is 0 Å². The van der Waals surface area contributed by atoms with Gasteiger partial charge in [0.05, 0.1) is 18.4 Å². The summed E-state index contributed by atoms with van der Waals surface area (Å²) in [7, 11) is 0. The van der Waals surface area contributed by atoms with Crippen LogP contribution in [0, 0.1) is 0 Å². The largest absolute Gasteiger partial charge is 0.330 e. The number of hydrogen-bond donors (Lipinski definition) is 0. The molecule has 4 heteroatoms. The fraction of sp³-hybridized carbons (Fsp3) is 0.182. The third kappa shape index (κ3) is 2.54. The average Bonchev–Trinajstić information content (AvgIpc) is 3.45. The standard InChI is InChI=1S/C22H19N3O/c26-22(20-9-5-7-16-6-1-2-8-19(16)20)25(17-11-12-17)15-18-14-23-21-10-3-4-13-24(18)21/h1-10,13-14,17H,11-12,15H2. The Hall–Kier alpha value is -3.14. The molecule has 0 radical (unpaired) electrons. The number of amides is 1. The number of aromatic nitrogens is 2. The van der Waals surface area contributed by atoms with Crippen LogP contribution in [0.2, 0.25) is 0 Å². The van der Waals surface area contributed by atoms with Crippen molar-refractivity contribution in [3.63, 3.8) is 0 Å². The SMILES string of the molecule is O=C(c1cccc2ccccc12)N(Cc1cnc2ccccn12)C1CC1. The highest BCUT2D eigenvalue weighted by molar-refractivity contribution is 6.07. The topological polar surface area (TPSA) is 37.6 Å². The van der Waals surface area contributed by atoms with E-state index in [4.69, 9.17) is 0 Å². The van der Waals surface area contributed by atoms with Gasteiger partial charge in [-0.05, 0) is 41.8 Å². The van der Waals surface area contributed by atoms with Gasteiger partial charge in [-0.1, -0.05) is 42.5 Å². The molecule has 1 fully saturated rings. The van der Waals surface area contributed by atoms with Gasteiger partial charge in [-0.25, -0.2) is 4.98 Å². The van der Waals surface area contributed by atoms with E-state index in [1.165, 1.54) is 0 Å². The number of carbonyl (C=O) groups excluding carboxylic acids is 1. The Kier molecular flexibility index (Phi) is 3.49. The minimum atomic E-state index is 0.107. The van der Waals surface area contributed by atoms with Crippen LogP contribution in [0.15, 0.2) is 73.1 Å². The van der Waals surface area contributed by atoms with E-state index in [9.17, 15) is 4.79 Å². The summed E-state index contributed by atoms with van der Waals surface area (Å²) in [5.74, 6) is 0.107. The fourth-order valence-corrected chi connectivity index (χ4v) is 3.60. The summed E-state index contributed by atoms with van der Waals surface area (Å²) < 4.78 is 2.06. The van der Waals surface area contributed by atoms with Gasteiger partial charge in [-0.3, -0.25) is 4.79 Å². The van der Waals surface area contributed by atoms with Crippen molar-refractivity contribution in [1.82, 2.24) is 14.3 Å². The lowest BCUT2D eigenvalue weighted by molar-refractivity contribution is 0.0729. The lowest BCUT2D eigenvalue weighted by atomic mass is 10.0. The van der Waals surface area contributed by atoms with Crippen molar-refractivity contribution in [1.29, 1.82) is 0 Å². The van der Waals surface area contributed by atoms with E-state index in [1.54, 1.807) is 0 Å². The van der Waals surface area contributed by atoms with E-state index in [0.29, 0.717) is 12.6 Å². The van der Waals surface area contributed by atoms with Gasteiger partial charge < -0.3 is 9.30 Å². The first-order valence-electron chi connectivity index (χ1n) is 9.01. The number of hydrogen-bond acceptors (Lipinski definition) is 2. The van der Waals surface area contributed by atoms with Crippen LogP contribution in [0.3, 0.4) is 0 Å². The van der Waals surface area contributed by atoms with Crippen molar-refractivity contribution in [2.24, 2.45) is 0 Å². The predicted octanol–water partition coefficient (Wildman–Crippen LogP) is 4.29. The zero-order valence-corrected chi connectivity index (χ0v) is 14.4. The summed E-state index contributed by atoms with van der Waals surface area (Å²) in [6, 6.07) is 20.3.